The van der Waals surface area contributed by atoms with Gasteiger partial charge in [0.15, 0.2) is 0 Å². The Labute approximate surface area is 163 Å². The van der Waals surface area contributed by atoms with Gasteiger partial charge in [-0.1, -0.05) is 0 Å². The van der Waals surface area contributed by atoms with Gasteiger partial charge in [0.05, 0.1) is 12.1 Å². The van der Waals surface area contributed by atoms with Crippen LogP contribution in [0.3, 0.4) is 0 Å². The van der Waals surface area contributed by atoms with Crippen LogP contribution in [-0.4, -0.2) is 81.7 Å². The van der Waals surface area contributed by atoms with Crippen molar-refractivity contribution in [3.63, 3.8) is 0 Å². The highest BCUT2D eigenvalue weighted by Crippen LogP contribution is 2.35. The Bertz CT molecular complexity index is 484. The number of nitrogens with zero attached hydrogens (tertiary/aromatic N) is 1. The second kappa shape index (κ2) is 9.15. The maximum Gasteiger partial charge on any atom is 0.227 e. The van der Waals surface area contributed by atoms with Crippen molar-refractivity contribution < 1.29 is 4.79 Å². The molecule has 4 rings (SSSR count). The molecular formula is C19H37N7O. The molecule has 4 aliphatic rings. The van der Waals surface area contributed by atoms with Gasteiger partial charge >= 0.3 is 0 Å². The Morgan fingerprint density at radius 2 is 1.93 bits per heavy atom. The van der Waals surface area contributed by atoms with Gasteiger partial charge in [0, 0.05) is 51.9 Å². The van der Waals surface area contributed by atoms with Crippen LogP contribution in [0.4, 0.5) is 0 Å². The average molecular weight is 380 g/mol. The van der Waals surface area contributed by atoms with E-state index in [2.05, 4.69) is 36.8 Å². The molecule has 154 valence electrons. The van der Waals surface area contributed by atoms with Crippen molar-refractivity contribution in [3.8, 4) is 0 Å². The van der Waals surface area contributed by atoms with Crippen LogP contribution < -0.4 is 31.9 Å². The molecule has 0 aromatic carbocycles. The Hall–Kier alpha value is -0.770. The van der Waals surface area contributed by atoms with Gasteiger partial charge in [-0.25, -0.2) is 0 Å². The molecule has 8 heteroatoms. The number of hydrogen-bond donors (Lipinski definition) is 6. The molecule has 5 atom stereocenters. The minimum absolute atomic E-state index is 0.00307. The van der Waals surface area contributed by atoms with Gasteiger partial charge in [-0.05, 0) is 44.6 Å². The predicted octanol–water partition coefficient (Wildman–Crippen LogP) is -1.43. The van der Waals surface area contributed by atoms with E-state index in [1.165, 1.54) is 25.7 Å². The summed E-state index contributed by atoms with van der Waals surface area (Å²) < 4.78 is 0. The number of amides is 1. The third kappa shape index (κ3) is 4.99. The van der Waals surface area contributed by atoms with Gasteiger partial charge in [-0.2, -0.15) is 0 Å². The van der Waals surface area contributed by atoms with Crippen LogP contribution in [0.1, 0.15) is 32.1 Å². The van der Waals surface area contributed by atoms with Crippen LogP contribution in [0.5, 0.6) is 0 Å². The molecule has 4 fully saturated rings. The number of nitrogens with one attached hydrogen (secondary N) is 6. The summed E-state index contributed by atoms with van der Waals surface area (Å²) >= 11 is 0. The number of rotatable bonds is 5. The van der Waals surface area contributed by atoms with E-state index < -0.39 is 0 Å². The molecule has 0 radical (unpaired) electrons. The van der Waals surface area contributed by atoms with Gasteiger partial charge in [0.25, 0.3) is 0 Å². The van der Waals surface area contributed by atoms with E-state index in [1.54, 1.807) is 7.05 Å². The lowest BCUT2D eigenvalue weighted by Crippen LogP contribution is -2.72. The zero-order valence-electron chi connectivity index (χ0n) is 16.6. The van der Waals surface area contributed by atoms with Gasteiger partial charge < -0.3 is 16.0 Å². The minimum Gasteiger partial charge on any atom is -0.359 e. The summed E-state index contributed by atoms with van der Waals surface area (Å²) in [6.07, 6.45) is 6.52. The summed E-state index contributed by atoms with van der Waals surface area (Å²) in [5, 5.41) is 21.1. The monoisotopic (exact) mass is 379 g/mol. The number of carbonyl (C=O) groups is 1. The molecule has 0 aromatic heterocycles. The molecule has 8 nitrogen and oxygen atoms in total. The first-order valence-electron chi connectivity index (χ1n) is 10.9. The van der Waals surface area contributed by atoms with Crippen molar-refractivity contribution >= 4 is 5.91 Å². The van der Waals surface area contributed by atoms with E-state index in [1.807, 2.05) is 0 Å². The molecule has 1 amide bonds. The van der Waals surface area contributed by atoms with E-state index >= 15 is 0 Å². The highest BCUT2D eigenvalue weighted by atomic mass is 16.1. The number of piperidine rings is 1. The highest BCUT2D eigenvalue weighted by molar-refractivity contribution is 5.79. The lowest BCUT2D eigenvalue weighted by atomic mass is 9.95. The summed E-state index contributed by atoms with van der Waals surface area (Å²) in [6, 6.07) is 1.14. The van der Waals surface area contributed by atoms with Crippen LogP contribution in [-0.2, 0) is 4.79 Å². The molecule has 3 heterocycles. The summed E-state index contributed by atoms with van der Waals surface area (Å²) in [5.74, 6) is 0.920. The van der Waals surface area contributed by atoms with E-state index in [9.17, 15) is 4.79 Å². The lowest BCUT2D eigenvalue weighted by molar-refractivity contribution is -0.127. The van der Waals surface area contributed by atoms with Gasteiger partial charge in [-0.3, -0.25) is 25.6 Å². The third-order valence-electron chi connectivity index (χ3n) is 6.65. The summed E-state index contributed by atoms with van der Waals surface area (Å²) in [6.45, 7) is 5.90. The summed E-state index contributed by atoms with van der Waals surface area (Å²) in [5.41, 5.74) is 0. The van der Waals surface area contributed by atoms with E-state index in [0.717, 1.165) is 51.1 Å². The first-order valence-corrected chi connectivity index (χ1v) is 10.9. The fourth-order valence-corrected chi connectivity index (χ4v) is 4.83. The van der Waals surface area contributed by atoms with Crippen LogP contribution in [0.25, 0.3) is 0 Å². The Kier molecular flexibility index (Phi) is 6.62. The predicted molar refractivity (Wildman–Crippen MR) is 106 cm³/mol. The standard InChI is InChI=1S/C19H37N7O/c1-20-18(27)15-12-23-19(26-9-2-7-21-8-10-26)25-17(15)24-14-5-6-16(22-11-14)13-3-4-13/h13-17,19,21-25H,2-12H2,1H3,(H,20,27). The minimum atomic E-state index is -0.0995. The van der Waals surface area contributed by atoms with Gasteiger partial charge in [-0.15, -0.1) is 0 Å². The normalized spacial score (nSPS) is 38.9. The molecule has 0 aromatic rings. The molecule has 0 bridgehead atoms. The first kappa shape index (κ1) is 19.5. The second-order valence-electron chi connectivity index (χ2n) is 8.61. The molecular weight excluding hydrogens is 342 g/mol. The van der Waals surface area contributed by atoms with Crippen molar-refractivity contribution in [2.45, 2.75) is 56.6 Å². The van der Waals surface area contributed by atoms with Crippen molar-refractivity contribution in [1.29, 1.82) is 0 Å². The topological polar surface area (TPSA) is 92.5 Å². The van der Waals surface area contributed by atoms with Gasteiger partial charge in [0.1, 0.15) is 6.29 Å². The average Bonchev–Trinajstić information content (AvgIpc) is 3.55. The largest absolute Gasteiger partial charge is 0.359 e. The number of hydrogen-bond acceptors (Lipinski definition) is 7. The van der Waals surface area contributed by atoms with Crippen molar-refractivity contribution in [2.75, 3.05) is 46.3 Å². The molecule has 0 spiro atoms. The molecule has 3 aliphatic heterocycles. The lowest BCUT2D eigenvalue weighted by Gasteiger charge is -2.44. The molecule has 1 saturated carbocycles. The third-order valence-corrected chi connectivity index (χ3v) is 6.65. The summed E-state index contributed by atoms with van der Waals surface area (Å²) in [7, 11) is 1.73. The molecule has 6 N–H and O–H groups in total. The maximum absolute atomic E-state index is 12.4. The van der Waals surface area contributed by atoms with Crippen molar-refractivity contribution in [2.24, 2.45) is 11.8 Å². The SMILES string of the molecule is CNC(=O)C1CNC(N2CCCNCC2)NC1NC1CCC(C2CC2)NC1. The Morgan fingerprint density at radius 3 is 2.67 bits per heavy atom. The highest BCUT2D eigenvalue weighted by Gasteiger charge is 2.39. The zero-order chi connectivity index (χ0) is 18.6. The van der Waals surface area contributed by atoms with E-state index in [4.69, 9.17) is 0 Å². The van der Waals surface area contributed by atoms with Crippen LogP contribution >= 0.6 is 0 Å². The Morgan fingerprint density at radius 1 is 1.04 bits per heavy atom. The first-order chi connectivity index (χ1) is 13.2. The van der Waals surface area contributed by atoms with E-state index in [0.29, 0.717) is 12.6 Å². The van der Waals surface area contributed by atoms with Crippen molar-refractivity contribution in [3.05, 3.63) is 0 Å². The van der Waals surface area contributed by atoms with Gasteiger partial charge in [0.2, 0.25) is 5.91 Å². The second-order valence-corrected chi connectivity index (χ2v) is 8.61. The fraction of sp³-hybridized carbons (Fsp3) is 0.947. The molecule has 1 aliphatic carbocycles. The fourth-order valence-electron chi connectivity index (χ4n) is 4.83. The molecule has 3 saturated heterocycles. The Balaban J connectivity index is 1.35. The van der Waals surface area contributed by atoms with Crippen LogP contribution in [0.2, 0.25) is 0 Å². The van der Waals surface area contributed by atoms with Crippen LogP contribution in [0.15, 0.2) is 0 Å². The number of carbonyl (C=O) groups excluding carboxylic acids is 1. The van der Waals surface area contributed by atoms with Crippen molar-refractivity contribution in [1.82, 2.24) is 36.8 Å². The van der Waals surface area contributed by atoms with E-state index in [-0.39, 0.29) is 24.3 Å². The quantitative estimate of drug-likeness (QED) is 0.349. The summed E-state index contributed by atoms with van der Waals surface area (Å²) in [4.78, 5) is 14.9. The molecule has 5 unspecified atom stereocenters. The molecule has 27 heavy (non-hydrogen) atoms. The van der Waals surface area contributed by atoms with Crippen LogP contribution in [0, 0.1) is 11.8 Å². The smallest absolute Gasteiger partial charge is 0.227 e. The zero-order valence-corrected chi connectivity index (χ0v) is 16.6. The maximum atomic E-state index is 12.4.